The highest BCUT2D eigenvalue weighted by Crippen LogP contribution is 2.28. The number of rotatable bonds is 5. The summed E-state index contributed by atoms with van der Waals surface area (Å²) < 4.78 is 16.0. The van der Waals surface area contributed by atoms with E-state index < -0.39 is 0 Å². The Bertz CT molecular complexity index is 1150. The quantitative estimate of drug-likeness (QED) is 0.460. The summed E-state index contributed by atoms with van der Waals surface area (Å²) in [6, 6.07) is 12.1. The van der Waals surface area contributed by atoms with Crippen LogP contribution in [-0.2, 0) is 6.42 Å². The van der Waals surface area contributed by atoms with Crippen molar-refractivity contribution >= 4 is 44.4 Å². The second-order valence-corrected chi connectivity index (χ2v) is 7.87. The van der Waals surface area contributed by atoms with Crippen LogP contribution >= 0.6 is 23.1 Å². The van der Waals surface area contributed by atoms with Crippen LogP contribution in [0.5, 0.6) is 0 Å². The molecule has 0 unspecified atom stereocenters. The molecule has 0 spiro atoms. The van der Waals surface area contributed by atoms with Crippen LogP contribution in [0.2, 0.25) is 0 Å². The fourth-order valence-corrected chi connectivity index (χ4v) is 4.35. The molecule has 2 heterocycles. The molecule has 0 aliphatic rings. The van der Waals surface area contributed by atoms with Crippen molar-refractivity contribution in [2.45, 2.75) is 18.5 Å². The lowest BCUT2D eigenvalue weighted by atomic mass is 10.2. The SMILES string of the molecule is CCc1ccc2nc(NC(=O)c3cnc(SC)n3-c3ccc(F)cc3)sc2c1. The van der Waals surface area contributed by atoms with E-state index in [0.717, 1.165) is 16.6 Å². The molecule has 1 N–H and O–H groups in total. The molecule has 0 atom stereocenters. The third-order valence-electron chi connectivity index (χ3n) is 4.31. The number of imidazole rings is 1. The summed E-state index contributed by atoms with van der Waals surface area (Å²) in [6.45, 7) is 2.10. The van der Waals surface area contributed by atoms with Crippen molar-refractivity contribution in [2.75, 3.05) is 11.6 Å². The number of carbonyl (C=O) groups excluding carboxylic acids is 1. The summed E-state index contributed by atoms with van der Waals surface area (Å²) >= 11 is 2.85. The maximum Gasteiger partial charge on any atom is 0.276 e. The van der Waals surface area contributed by atoms with E-state index in [1.54, 1.807) is 16.7 Å². The summed E-state index contributed by atoms with van der Waals surface area (Å²) in [7, 11) is 0. The van der Waals surface area contributed by atoms with Crippen LogP contribution < -0.4 is 5.32 Å². The molecule has 4 rings (SSSR count). The zero-order valence-electron chi connectivity index (χ0n) is 15.3. The smallest absolute Gasteiger partial charge is 0.276 e. The van der Waals surface area contributed by atoms with Gasteiger partial charge < -0.3 is 0 Å². The number of hydrogen-bond acceptors (Lipinski definition) is 5. The third-order valence-corrected chi connectivity index (χ3v) is 5.90. The fraction of sp³-hybridized carbons (Fsp3) is 0.150. The van der Waals surface area contributed by atoms with Crippen LogP contribution in [-0.4, -0.2) is 26.7 Å². The number of carbonyl (C=O) groups is 1. The average molecular weight is 413 g/mol. The number of fused-ring (bicyclic) bond motifs is 1. The Morgan fingerprint density at radius 3 is 2.75 bits per heavy atom. The maximum absolute atomic E-state index is 13.3. The first-order valence-electron chi connectivity index (χ1n) is 8.67. The number of nitrogens with one attached hydrogen (secondary N) is 1. The largest absolute Gasteiger partial charge is 0.296 e. The van der Waals surface area contributed by atoms with Crippen LogP contribution in [0.3, 0.4) is 0 Å². The molecule has 0 fully saturated rings. The zero-order chi connectivity index (χ0) is 19.7. The van der Waals surface area contributed by atoms with Gasteiger partial charge in [-0.25, -0.2) is 14.4 Å². The van der Waals surface area contributed by atoms with E-state index in [4.69, 9.17) is 0 Å². The van der Waals surface area contributed by atoms with E-state index in [2.05, 4.69) is 28.3 Å². The van der Waals surface area contributed by atoms with Gasteiger partial charge in [0.1, 0.15) is 11.5 Å². The Morgan fingerprint density at radius 1 is 1.25 bits per heavy atom. The number of thioether (sulfide) groups is 1. The van der Waals surface area contributed by atoms with Crippen LogP contribution in [0.1, 0.15) is 23.0 Å². The molecule has 8 heteroatoms. The zero-order valence-corrected chi connectivity index (χ0v) is 16.9. The van der Waals surface area contributed by atoms with Gasteiger partial charge in [0.25, 0.3) is 5.91 Å². The molecule has 28 heavy (non-hydrogen) atoms. The lowest BCUT2D eigenvalue weighted by Crippen LogP contribution is -2.16. The summed E-state index contributed by atoms with van der Waals surface area (Å²) in [4.78, 5) is 21.7. The van der Waals surface area contributed by atoms with E-state index in [0.29, 0.717) is 21.7 Å². The Morgan fingerprint density at radius 2 is 2.04 bits per heavy atom. The molecule has 0 saturated carbocycles. The number of nitrogens with zero attached hydrogens (tertiary/aromatic N) is 3. The van der Waals surface area contributed by atoms with Gasteiger partial charge in [-0.15, -0.1) is 0 Å². The van der Waals surface area contributed by atoms with Gasteiger partial charge in [-0.1, -0.05) is 36.1 Å². The maximum atomic E-state index is 13.3. The summed E-state index contributed by atoms with van der Waals surface area (Å²) in [5.74, 6) is -0.645. The molecule has 0 bridgehead atoms. The van der Waals surface area contributed by atoms with Gasteiger partial charge in [0.05, 0.1) is 16.4 Å². The third kappa shape index (κ3) is 3.53. The Hall–Kier alpha value is -2.71. The lowest BCUT2D eigenvalue weighted by Gasteiger charge is -2.10. The summed E-state index contributed by atoms with van der Waals surface area (Å²) in [6.07, 6.45) is 4.35. The first-order chi connectivity index (χ1) is 13.6. The number of amides is 1. The highest BCUT2D eigenvalue weighted by Gasteiger charge is 2.19. The fourth-order valence-electron chi connectivity index (χ4n) is 2.88. The second-order valence-electron chi connectivity index (χ2n) is 6.07. The molecular formula is C20H17FN4OS2. The van der Waals surface area contributed by atoms with Crippen LogP contribution in [0.25, 0.3) is 15.9 Å². The first-order valence-corrected chi connectivity index (χ1v) is 10.7. The summed E-state index contributed by atoms with van der Waals surface area (Å²) in [5, 5.41) is 4.05. The number of hydrogen-bond donors (Lipinski definition) is 1. The van der Waals surface area contributed by atoms with Crippen LogP contribution in [0.4, 0.5) is 9.52 Å². The van der Waals surface area contributed by atoms with E-state index in [-0.39, 0.29) is 11.7 Å². The predicted molar refractivity (Wildman–Crippen MR) is 112 cm³/mol. The Labute approximate surface area is 169 Å². The van der Waals surface area contributed by atoms with Crippen molar-refractivity contribution in [3.63, 3.8) is 0 Å². The highest BCUT2D eigenvalue weighted by atomic mass is 32.2. The second kappa shape index (κ2) is 7.73. The number of anilines is 1. The van der Waals surface area contributed by atoms with Gasteiger partial charge >= 0.3 is 0 Å². The topological polar surface area (TPSA) is 59.8 Å². The van der Waals surface area contributed by atoms with Crippen molar-refractivity contribution < 1.29 is 9.18 Å². The van der Waals surface area contributed by atoms with Gasteiger partial charge in [0.2, 0.25) is 0 Å². The highest BCUT2D eigenvalue weighted by molar-refractivity contribution is 7.98. The average Bonchev–Trinajstić information content (AvgIpc) is 3.31. The number of aromatic nitrogens is 3. The van der Waals surface area contributed by atoms with Crippen molar-refractivity contribution in [3.05, 3.63) is 65.7 Å². The molecule has 2 aromatic carbocycles. The molecule has 4 aromatic rings. The summed E-state index contributed by atoms with van der Waals surface area (Å²) in [5.41, 5.74) is 3.12. The van der Waals surface area contributed by atoms with Crippen molar-refractivity contribution in [3.8, 4) is 5.69 Å². The van der Waals surface area contributed by atoms with E-state index in [1.165, 1.54) is 47.0 Å². The van der Waals surface area contributed by atoms with Gasteiger partial charge in [-0.3, -0.25) is 14.7 Å². The molecule has 0 radical (unpaired) electrons. The Kier molecular flexibility index (Phi) is 5.15. The molecule has 142 valence electrons. The first kappa shape index (κ1) is 18.6. The number of benzene rings is 2. The lowest BCUT2D eigenvalue weighted by molar-refractivity contribution is 0.102. The van der Waals surface area contributed by atoms with Gasteiger partial charge in [-0.05, 0) is 54.6 Å². The predicted octanol–water partition coefficient (Wildman–Crippen LogP) is 5.16. The van der Waals surface area contributed by atoms with Gasteiger partial charge in [0, 0.05) is 5.69 Å². The van der Waals surface area contributed by atoms with Crippen LogP contribution in [0.15, 0.2) is 53.8 Å². The number of halogens is 1. The minimum atomic E-state index is -0.332. The van der Waals surface area contributed by atoms with Crippen molar-refractivity contribution in [2.24, 2.45) is 0 Å². The van der Waals surface area contributed by atoms with E-state index >= 15 is 0 Å². The molecular weight excluding hydrogens is 395 g/mol. The van der Waals surface area contributed by atoms with Crippen LogP contribution in [0, 0.1) is 5.82 Å². The molecule has 0 aliphatic heterocycles. The van der Waals surface area contributed by atoms with Crippen molar-refractivity contribution in [1.82, 2.24) is 14.5 Å². The van der Waals surface area contributed by atoms with E-state index in [1.807, 2.05) is 18.4 Å². The molecule has 1 amide bonds. The number of aryl methyl sites for hydroxylation is 1. The monoisotopic (exact) mass is 412 g/mol. The molecule has 0 aliphatic carbocycles. The van der Waals surface area contributed by atoms with Gasteiger partial charge in [0.15, 0.2) is 10.3 Å². The van der Waals surface area contributed by atoms with Gasteiger partial charge in [-0.2, -0.15) is 0 Å². The minimum Gasteiger partial charge on any atom is -0.296 e. The normalized spacial score (nSPS) is 11.1. The Balaban J connectivity index is 1.67. The number of thiazole rings is 1. The standard InChI is InChI=1S/C20H17FN4OS2/c1-3-12-4-9-15-17(10-12)28-19(23-15)24-18(26)16-11-22-20(27-2)25(16)14-7-5-13(21)6-8-14/h4-11H,3H2,1-2H3,(H,23,24,26). The molecule has 0 saturated heterocycles. The molecule has 5 nitrogen and oxygen atoms in total. The van der Waals surface area contributed by atoms with Crippen molar-refractivity contribution in [1.29, 1.82) is 0 Å². The molecule has 2 aromatic heterocycles. The minimum absolute atomic E-state index is 0.313. The van der Waals surface area contributed by atoms with E-state index in [9.17, 15) is 9.18 Å².